The molecule has 0 radical (unpaired) electrons. The van der Waals surface area contributed by atoms with Gasteiger partial charge in [-0.2, -0.15) is 0 Å². The number of carboxylic acids is 1. The SMILES string of the molecule is CCN(CC(=O)O)C(C)c1cc(O)ccc1O. The molecule has 0 fully saturated rings. The Morgan fingerprint density at radius 2 is 2.06 bits per heavy atom. The van der Waals surface area contributed by atoms with Gasteiger partial charge in [0.25, 0.3) is 0 Å². The third kappa shape index (κ3) is 3.35. The maximum atomic E-state index is 10.7. The van der Waals surface area contributed by atoms with Crippen LogP contribution in [0.25, 0.3) is 0 Å². The molecule has 3 N–H and O–H groups in total. The Morgan fingerprint density at radius 3 is 2.59 bits per heavy atom. The van der Waals surface area contributed by atoms with Crippen molar-refractivity contribution in [3.05, 3.63) is 23.8 Å². The summed E-state index contributed by atoms with van der Waals surface area (Å²) in [6, 6.07) is 3.96. The van der Waals surface area contributed by atoms with Crippen LogP contribution in [0, 0.1) is 0 Å². The monoisotopic (exact) mass is 239 g/mol. The zero-order chi connectivity index (χ0) is 13.0. The molecule has 0 amide bonds. The molecule has 0 aliphatic rings. The molecule has 0 saturated heterocycles. The molecule has 1 aromatic rings. The van der Waals surface area contributed by atoms with E-state index in [1.165, 1.54) is 18.2 Å². The molecule has 0 saturated carbocycles. The van der Waals surface area contributed by atoms with Crippen LogP contribution < -0.4 is 0 Å². The van der Waals surface area contributed by atoms with Gasteiger partial charge in [-0.1, -0.05) is 6.92 Å². The predicted molar refractivity (Wildman–Crippen MR) is 63.1 cm³/mol. The molecular weight excluding hydrogens is 222 g/mol. The highest BCUT2D eigenvalue weighted by atomic mass is 16.4. The highest BCUT2D eigenvalue weighted by molar-refractivity contribution is 5.69. The highest BCUT2D eigenvalue weighted by Gasteiger charge is 2.19. The number of phenolic OH excluding ortho intramolecular Hbond substituents is 2. The molecule has 0 aliphatic carbocycles. The molecule has 0 spiro atoms. The van der Waals surface area contributed by atoms with Gasteiger partial charge in [0.2, 0.25) is 0 Å². The first kappa shape index (κ1) is 13.3. The van der Waals surface area contributed by atoms with Crippen molar-refractivity contribution in [3.63, 3.8) is 0 Å². The predicted octanol–water partition coefficient (Wildman–Crippen LogP) is 1.57. The molecule has 1 rings (SSSR count). The van der Waals surface area contributed by atoms with Crippen LogP contribution in [0.4, 0.5) is 0 Å². The van der Waals surface area contributed by atoms with E-state index in [-0.39, 0.29) is 24.1 Å². The fourth-order valence-electron chi connectivity index (χ4n) is 1.77. The second kappa shape index (κ2) is 5.54. The maximum absolute atomic E-state index is 10.7. The van der Waals surface area contributed by atoms with Crippen LogP contribution in [-0.2, 0) is 4.79 Å². The topological polar surface area (TPSA) is 81.0 Å². The molecule has 1 unspecified atom stereocenters. The lowest BCUT2D eigenvalue weighted by molar-refractivity contribution is -0.138. The zero-order valence-corrected chi connectivity index (χ0v) is 9.92. The van der Waals surface area contributed by atoms with E-state index < -0.39 is 5.97 Å². The van der Waals surface area contributed by atoms with E-state index in [4.69, 9.17) is 5.11 Å². The summed E-state index contributed by atoms with van der Waals surface area (Å²) in [7, 11) is 0. The first-order valence-corrected chi connectivity index (χ1v) is 5.43. The van der Waals surface area contributed by atoms with Gasteiger partial charge in [0, 0.05) is 11.6 Å². The van der Waals surface area contributed by atoms with E-state index in [0.717, 1.165) is 0 Å². The lowest BCUT2D eigenvalue weighted by Crippen LogP contribution is -2.32. The number of rotatable bonds is 5. The molecule has 0 heterocycles. The molecular formula is C12H17NO4. The Balaban J connectivity index is 2.96. The Kier molecular flexibility index (Phi) is 4.34. The second-order valence-corrected chi connectivity index (χ2v) is 3.88. The largest absolute Gasteiger partial charge is 0.508 e. The van der Waals surface area contributed by atoms with Gasteiger partial charge >= 0.3 is 5.97 Å². The number of benzene rings is 1. The summed E-state index contributed by atoms with van der Waals surface area (Å²) in [4.78, 5) is 12.4. The number of phenols is 2. The van der Waals surface area contributed by atoms with Crippen molar-refractivity contribution in [2.24, 2.45) is 0 Å². The lowest BCUT2D eigenvalue weighted by Gasteiger charge is -2.26. The fourth-order valence-corrected chi connectivity index (χ4v) is 1.77. The Morgan fingerprint density at radius 1 is 1.41 bits per heavy atom. The molecule has 0 aliphatic heterocycles. The summed E-state index contributed by atoms with van der Waals surface area (Å²) in [6.07, 6.45) is 0. The van der Waals surface area contributed by atoms with Crippen molar-refractivity contribution in [2.75, 3.05) is 13.1 Å². The van der Waals surface area contributed by atoms with Crippen molar-refractivity contribution >= 4 is 5.97 Å². The van der Waals surface area contributed by atoms with Crippen LogP contribution in [0.5, 0.6) is 11.5 Å². The molecule has 5 nitrogen and oxygen atoms in total. The van der Waals surface area contributed by atoms with Gasteiger partial charge in [-0.05, 0) is 31.7 Å². The molecule has 0 bridgehead atoms. The molecule has 17 heavy (non-hydrogen) atoms. The molecule has 94 valence electrons. The van der Waals surface area contributed by atoms with Crippen molar-refractivity contribution in [3.8, 4) is 11.5 Å². The minimum absolute atomic E-state index is 0.0519. The number of likely N-dealkylation sites (N-methyl/N-ethyl adjacent to an activating group) is 1. The Labute approximate surface area is 99.9 Å². The van der Waals surface area contributed by atoms with Crippen LogP contribution in [0.15, 0.2) is 18.2 Å². The van der Waals surface area contributed by atoms with Crippen molar-refractivity contribution in [1.29, 1.82) is 0 Å². The summed E-state index contributed by atoms with van der Waals surface area (Å²) in [5, 5.41) is 27.9. The normalized spacial score (nSPS) is 12.6. The van der Waals surface area contributed by atoms with Gasteiger partial charge in [-0.15, -0.1) is 0 Å². The standard InChI is InChI=1S/C12H17NO4/c1-3-13(7-12(16)17)8(2)10-6-9(14)4-5-11(10)15/h4-6,8,14-15H,3,7H2,1-2H3,(H,16,17). The minimum atomic E-state index is -0.918. The first-order chi connectivity index (χ1) is 7.95. The Hall–Kier alpha value is -1.75. The first-order valence-electron chi connectivity index (χ1n) is 5.43. The number of carboxylic acid groups (broad SMARTS) is 1. The van der Waals surface area contributed by atoms with Gasteiger partial charge in [-0.3, -0.25) is 9.69 Å². The third-order valence-corrected chi connectivity index (χ3v) is 2.75. The van der Waals surface area contributed by atoms with E-state index in [0.29, 0.717) is 12.1 Å². The quantitative estimate of drug-likeness (QED) is 0.679. The summed E-state index contributed by atoms with van der Waals surface area (Å²) >= 11 is 0. The van der Waals surface area contributed by atoms with Gasteiger partial charge in [0.05, 0.1) is 6.54 Å². The van der Waals surface area contributed by atoms with Crippen LogP contribution >= 0.6 is 0 Å². The second-order valence-electron chi connectivity index (χ2n) is 3.88. The Bertz CT molecular complexity index is 405. The van der Waals surface area contributed by atoms with Gasteiger partial charge in [0.1, 0.15) is 11.5 Å². The molecule has 0 aromatic heterocycles. The van der Waals surface area contributed by atoms with Crippen molar-refractivity contribution < 1.29 is 20.1 Å². The van der Waals surface area contributed by atoms with Crippen LogP contribution in [-0.4, -0.2) is 39.3 Å². The molecule has 1 atom stereocenters. The van der Waals surface area contributed by atoms with Gasteiger partial charge in [-0.25, -0.2) is 0 Å². The number of nitrogens with zero attached hydrogens (tertiary/aromatic N) is 1. The average Bonchev–Trinajstić information content (AvgIpc) is 2.28. The lowest BCUT2D eigenvalue weighted by atomic mass is 10.1. The van der Waals surface area contributed by atoms with E-state index in [9.17, 15) is 15.0 Å². The summed E-state index contributed by atoms with van der Waals surface area (Å²) in [5.74, 6) is -0.812. The number of hydrogen-bond donors (Lipinski definition) is 3. The van der Waals surface area contributed by atoms with E-state index in [2.05, 4.69) is 0 Å². The van der Waals surface area contributed by atoms with E-state index >= 15 is 0 Å². The van der Waals surface area contributed by atoms with Crippen LogP contribution in [0.1, 0.15) is 25.5 Å². The average molecular weight is 239 g/mol. The number of aromatic hydroxyl groups is 2. The number of aliphatic carboxylic acids is 1. The van der Waals surface area contributed by atoms with Gasteiger partial charge in [0.15, 0.2) is 0 Å². The van der Waals surface area contributed by atoms with E-state index in [1.807, 2.05) is 6.92 Å². The third-order valence-electron chi connectivity index (χ3n) is 2.75. The van der Waals surface area contributed by atoms with Crippen molar-refractivity contribution in [2.45, 2.75) is 19.9 Å². The number of carbonyl (C=O) groups is 1. The molecule has 5 heteroatoms. The van der Waals surface area contributed by atoms with E-state index in [1.54, 1.807) is 11.8 Å². The zero-order valence-electron chi connectivity index (χ0n) is 9.92. The summed E-state index contributed by atoms with van der Waals surface area (Å²) in [5.41, 5.74) is 0.521. The fraction of sp³-hybridized carbons (Fsp3) is 0.417. The maximum Gasteiger partial charge on any atom is 0.317 e. The van der Waals surface area contributed by atoms with Gasteiger partial charge < -0.3 is 15.3 Å². The molecule has 1 aromatic carbocycles. The minimum Gasteiger partial charge on any atom is -0.508 e. The van der Waals surface area contributed by atoms with Crippen molar-refractivity contribution in [1.82, 2.24) is 4.90 Å². The van der Waals surface area contributed by atoms with Crippen LogP contribution in [0.2, 0.25) is 0 Å². The summed E-state index contributed by atoms with van der Waals surface area (Å²) < 4.78 is 0. The number of hydrogen-bond acceptors (Lipinski definition) is 4. The van der Waals surface area contributed by atoms with Crippen LogP contribution in [0.3, 0.4) is 0 Å². The highest BCUT2D eigenvalue weighted by Crippen LogP contribution is 2.30. The smallest absolute Gasteiger partial charge is 0.317 e. The summed E-state index contributed by atoms with van der Waals surface area (Å²) in [6.45, 7) is 4.08.